The summed E-state index contributed by atoms with van der Waals surface area (Å²) in [7, 11) is 1.55. The van der Waals surface area contributed by atoms with Crippen LogP contribution in [-0.4, -0.2) is 33.4 Å². The first-order valence-corrected chi connectivity index (χ1v) is 9.68. The van der Waals surface area contributed by atoms with Crippen molar-refractivity contribution in [1.82, 2.24) is 19.7 Å². The van der Waals surface area contributed by atoms with Gasteiger partial charge in [0, 0.05) is 12.5 Å². The predicted octanol–water partition coefficient (Wildman–Crippen LogP) is 2.55. The van der Waals surface area contributed by atoms with E-state index >= 15 is 0 Å². The fourth-order valence-corrected chi connectivity index (χ4v) is 3.03. The maximum Gasteiger partial charge on any atom is 0.351 e. The van der Waals surface area contributed by atoms with Crippen molar-refractivity contribution < 1.29 is 9.53 Å². The van der Waals surface area contributed by atoms with Gasteiger partial charge in [-0.3, -0.25) is 9.36 Å². The van der Waals surface area contributed by atoms with Gasteiger partial charge in [0.2, 0.25) is 5.91 Å². The molecule has 1 aromatic heterocycles. The van der Waals surface area contributed by atoms with Crippen molar-refractivity contribution in [3.8, 4) is 11.4 Å². The van der Waals surface area contributed by atoms with Crippen molar-refractivity contribution in [2.45, 2.75) is 39.3 Å². The van der Waals surface area contributed by atoms with E-state index in [0.29, 0.717) is 23.7 Å². The molecule has 0 aliphatic rings. The van der Waals surface area contributed by atoms with Gasteiger partial charge < -0.3 is 10.1 Å². The highest BCUT2D eigenvalue weighted by Gasteiger charge is 2.19. The van der Waals surface area contributed by atoms with Crippen molar-refractivity contribution in [2.24, 2.45) is 0 Å². The molecule has 0 aliphatic heterocycles. The van der Waals surface area contributed by atoms with Gasteiger partial charge in [-0.05, 0) is 31.0 Å². The molecule has 0 saturated heterocycles. The summed E-state index contributed by atoms with van der Waals surface area (Å²) in [5.41, 5.74) is 1.17. The number of carbonyl (C=O) groups is 1. The first kappa shape index (κ1) is 20.4. The smallest absolute Gasteiger partial charge is 0.351 e. The summed E-state index contributed by atoms with van der Waals surface area (Å²) in [6, 6.07) is 17.0. The number of benzene rings is 2. The van der Waals surface area contributed by atoms with E-state index < -0.39 is 0 Å². The average molecular weight is 394 g/mol. The van der Waals surface area contributed by atoms with E-state index in [1.54, 1.807) is 19.2 Å². The van der Waals surface area contributed by atoms with Crippen LogP contribution in [0, 0.1) is 0 Å². The largest absolute Gasteiger partial charge is 0.494 e. The van der Waals surface area contributed by atoms with Crippen molar-refractivity contribution in [3.63, 3.8) is 0 Å². The lowest BCUT2D eigenvalue weighted by Gasteiger charge is -2.12. The van der Waals surface area contributed by atoms with Crippen LogP contribution in [0.3, 0.4) is 0 Å². The number of carbonyl (C=O) groups excluding carboxylic acids is 1. The molecule has 7 nitrogen and oxygen atoms in total. The highest BCUT2D eigenvalue weighted by atomic mass is 16.5. The Morgan fingerprint density at radius 2 is 1.83 bits per heavy atom. The van der Waals surface area contributed by atoms with Crippen LogP contribution in [0.5, 0.6) is 5.75 Å². The van der Waals surface area contributed by atoms with Gasteiger partial charge in [0.15, 0.2) is 0 Å². The second-order valence-electron chi connectivity index (χ2n) is 6.91. The molecule has 3 rings (SSSR count). The number of nitrogens with zero attached hydrogens (tertiary/aromatic N) is 3. The summed E-state index contributed by atoms with van der Waals surface area (Å²) in [6.45, 7) is 3.85. The van der Waals surface area contributed by atoms with Crippen LogP contribution in [0.25, 0.3) is 5.69 Å². The normalized spacial score (nSPS) is 11.8. The molecule has 0 spiro atoms. The van der Waals surface area contributed by atoms with E-state index in [-0.39, 0.29) is 24.2 Å². The van der Waals surface area contributed by atoms with Gasteiger partial charge in [0.1, 0.15) is 23.8 Å². The molecule has 1 N–H and O–H groups in total. The van der Waals surface area contributed by atoms with Gasteiger partial charge >= 0.3 is 5.69 Å². The minimum atomic E-state index is -0.375. The van der Waals surface area contributed by atoms with Gasteiger partial charge in [0.05, 0.1) is 7.11 Å². The quantitative estimate of drug-likeness (QED) is 0.637. The van der Waals surface area contributed by atoms with Crippen LogP contribution >= 0.6 is 0 Å². The summed E-state index contributed by atoms with van der Waals surface area (Å²) >= 11 is 0. The Hall–Kier alpha value is -3.35. The zero-order valence-electron chi connectivity index (χ0n) is 17.0. The van der Waals surface area contributed by atoms with Gasteiger partial charge in [-0.1, -0.05) is 49.4 Å². The Bertz CT molecular complexity index is 1020. The number of methoxy groups -OCH3 is 1. The van der Waals surface area contributed by atoms with Crippen LogP contribution in [-0.2, 0) is 17.8 Å². The number of hydrogen-bond acceptors (Lipinski definition) is 4. The minimum Gasteiger partial charge on any atom is -0.494 e. The molecule has 1 amide bonds. The fraction of sp³-hybridized carbons (Fsp3) is 0.318. The molecule has 0 radical (unpaired) electrons. The lowest BCUT2D eigenvalue weighted by molar-refractivity contribution is -0.122. The Morgan fingerprint density at radius 1 is 1.14 bits per heavy atom. The molecule has 0 fully saturated rings. The lowest BCUT2D eigenvalue weighted by atomic mass is 10.1. The molecule has 2 aromatic carbocycles. The van der Waals surface area contributed by atoms with Crippen molar-refractivity contribution in [2.75, 3.05) is 7.11 Å². The molecule has 1 heterocycles. The van der Waals surface area contributed by atoms with Gasteiger partial charge in [0.25, 0.3) is 0 Å². The van der Waals surface area contributed by atoms with Gasteiger partial charge in [-0.2, -0.15) is 4.68 Å². The Kier molecular flexibility index (Phi) is 6.49. The first-order valence-electron chi connectivity index (χ1n) is 9.68. The summed E-state index contributed by atoms with van der Waals surface area (Å²) < 4.78 is 8.11. The van der Waals surface area contributed by atoms with E-state index in [2.05, 4.69) is 10.4 Å². The number of hydrogen-bond donors (Lipinski definition) is 1. The third-order valence-corrected chi connectivity index (χ3v) is 4.78. The number of para-hydroxylation sites is 2. The molecule has 7 heteroatoms. The lowest BCUT2D eigenvalue weighted by Crippen LogP contribution is -2.37. The second kappa shape index (κ2) is 9.23. The molecule has 152 valence electrons. The predicted molar refractivity (Wildman–Crippen MR) is 112 cm³/mol. The third-order valence-electron chi connectivity index (χ3n) is 4.78. The van der Waals surface area contributed by atoms with E-state index in [9.17, 15) is 9.59 Å². The number of amides is 1. The van der Waals surface area contributed by atoms with Crippen molar-refractivity contribution in [3.05, 3.63) is 76.5 Å². The maximum atomic E-state index is 13.2. The topological polar surface area (TPSA) is 78.2 Å². The Labute approximate surface area is 169 Å². The number of aromatic nitrogens is 3. The Balaban J connectivity index is 2.03. The molecule has 0 aliphatic carbocycles. The number of ether oxygens (including phenoxy) is 1. The van der Waals surface area contributed by atoms with E-state index in [1.165, 1.54) is 9.25 Å². The highest BCUT2D eigenvalue weighted by molar-refractivity contribution is 5.76. The van der Waals surface area contributed by atoms with Crippen LogP contribution in [0.15, 0.2) is 59.4 Å². The molecule has 0 bridgehead atoms. The highest BCUT2D eigenvalue weighted by Crippen LogP contribution is 2.20. The number of nitrogens with one attached hydrogen (secondary N) is 1. The zero-order chi connectivity index (χ0) is 20.8. The summed E-state index contributed by atoms with van der Waals surface area (Å²) in [5, 5.41) is 7.45. The molecule has 1 atom stereocenters. The van der Waals surface area contributed by atoms with Gasteiger partial charge in [-0.15, -0.1) is 5.10 Å². The van der Waals surface area contributed by atoms with Gasteiger partial charge in [-0.25, -0.2) is 4.79 Å². The summed E-state index contributed by atoms with van der Waals surface area (Å²) in [6.07, 6.45) is 1.26. The summed E-state index contributed by atoms with van der Waals surface area (Å²) in [5.74, 6) is 0.844. The SMILES string of the molecule is CC[C@H](C)NC(=O)Cn1c(Cc2ccccc2)nn(-c2ccccc2OC)c1=O. The molecule has 0 saturated carbocycles. The van der Waals surface area contributed by atoms with Crippen LogP contribution in [0.4, 0.5) is 0 Å². The van der Waals surface area contributed by atoms with Crippen molar-refractivity contribution >= 4 is 5.91 Å². The Morgan fingerprint density at radius 3 is 2.52 bits per heavy atom. The van der Waals surface area contributed by atoms with Crippen LogP contribution in [0.2, 0.25) is 0 Å². The zero-order valence-corrected chi connectivity index (χ0v) is 17.0. The van der Waals surface area contributed by atoms with Crippen LogP contribution < -0.4 is 15.7 Å². The standard InChI is InChI=1S/C22H26N4O3/c1-4-16(2)23-21(27)15-25-20(14-17-10-6-5-7-11-17)24-26(22(25)28)18-12-8-9-13-19(18)29-3/h5-13,16H,4,14-15H2,1-3H3,(H,23,27)/t16-/m0/s1. The summed E-state index contributed by atoms with van der Waals surface area (Å²) in [4.78, 5) is 25.6. The van der Waals surface area contributed by atoms with E-state index in [0.717, 1.165) is 12.0 Å². The van der Waals surface area contributed by atoms with E-state index in [1.807, 2.05) is 56.3 Å². The van der Waals surface area contributed by atoms with Crippen molar-refractivity contribution in [1.29, 1.82) is 0 Å². The average Bonchev–Trinajstić information content (AvgIpc) is 3.03. The molecule has 0 unspecified atom stereocenters. The second-order valence-corrected chi connectivity index (χ2v) is 6.91. The molecular weight excluding hydrogens is 368 g/mol. The third kappa shape index (κ3) is 4.74. The molecular formula is C22H26N4O3. The number of rotatable bonds is 8. The van der Waals surface area contributed by atoms with E-state index in [4.69, 9.17) is 4.74 Å². The maximum absolute atomic E-state index is 13.2. The monoisotopic (exact) mass is 394 g/mol. The first-order chi connectivity index (χ1) is 14.0. The van der Waals surface area contributed by atoms with Crippen LogP contribution in [0.1, 0.15) is 31.7 Å². The molecule has 3 aromatic rings. The molecule has 29 heavy (non-hydrogen) atoms. The fourth-order valence-electron chi connectivity index (χ4n) is 3.03. The minimum absolute atomic E-state index is 0.0417.